The van der Waals surface area contributed by atoms with Gasteiger partial charge in [-0.15, -0.1) is 6.58 Å². The summed E-state index contributed by atoms with van der Waals surface area (Å²) in [5.74, 6) is -4.47. The van der Waals surface area contributed by atoms with Gasteiger partial charge in [-0.25, -0.2) is 0 Å². The number of carboxylic acid groups (broad SMARTS) is 2. The Morgan fingerprint density at radius 2 is 1.82 bits per heavy atom. The summed E-state index contributed by atoms with van der Waals surface area (Å²) in [7, 11) is 0. The molecule has 2 heterocycles. The highest BCUT2D eigenvalue weighted by atomic mass is 16.6. The quantitative estimate of drug-likeness (QED) is 0.239. The van der Waals surface area contributed by atoms with Crippen molar-refractivity contribution in [1.29, 1.82) is 0 Å². The number of hydrogen-bond acceptors (Lipinski definition) is 9. The number of carboxylic acids is 2. The van der Waals surface area contributed by atoms with Gasteiger partial charge >= 0.3 is 17.9 Å². The molecule has 40 heavy (non-hydrogen) atoms. The number of rotatable bonds is 15. The molecule has 7 atom stereocenters. The van der Waals surface area contributed by atoms with E-state index in [-0.39, 0.29) is 50.6 Å². The fraction of sp³-hybridized carbons (Fsp3) is 0.552. The van der Waals surface area contributed by atoms with Crippen molar-refractivity contribution < 1.29 is 53.1 Å². The summed E-state index contributed by atoms with van der Waals surface area (Å²) in [6.07, 6.45) is -4.34. The van der Waals surface area contributed by atoms with E-state index in [2.05, 4.69) is 6.58 Å². The van der Waals surface area contributed by atoms with Crippen LogP contribution in [0, 0.1) is 5.92 Å². The van der Waals surface area contributed by atoms with Crippen LogP contribution in [0.1, 0.15) is 57.4 Å². The number of aliphatic carboxylic acids is 2. The van der Waals surface area contributed by atoms with Crippen molar-refractivity contribution in [2.24, 2.45) is 5.92 Å². The monoisotopic (exact) mass is 560 g/mol. The van der Waals surface area contributed by atoms with Gasteiger partial charge in [0.2, 0.25) is 0 Å². The van der Waals surface area contributed by atoms with Crippen LogP contribution >= 0.6 is 0 Å². The Morgan fingerprint density at radius 1 is 1.10 bits per heavy atom. The second-order valence-electron chi connectivity index (χ2n) is 10.1. The van der Waals surface area contributed by atoms with Crippen LogP contribution in [-0.4, -0.2) is 76.3 Å². The molecule has 2 fully saturated rings. The fourth-order valence-corrected chi connectivity index (χ4v) is 5.14. The maximum atomic E-state index is 13.8. The number of ether oxygens (including phenoxy) is 4. The van der Waals surface area contributed by atoms with Crippen LogP contribution in [0.2, 0.25) is 0 Å². The van der Waals surface area contributed by atoms with Crippen LogP contribution in [0.15, 0.2) is 43.0 Å². The zero-order chi connectivity index (χ0) is 29.2. The second-order valence-corrected chi connectivity index (χ2v) is 10.1. The molecular weight excluding hydrogens is 524 g/mol. The molecule has 11 nitrogen and oxygen atoms in total. The van der Waals surface area contributed by atoms with Crippen LogP contribution in [0.25, 0.3) is 0 Å². The summed E-state index contributed by atoms with van der Waals surface area (Å²) in [6.45, 7) is 4.89. The van der Waals surface area contributed by atoms with Crippen molar-refractivity contribution in [3.63, 3.8) is 0 Å². The summed E-state index contributed by atoms with van der Waals surface area (Å²) < 4.78 is 23.5. The first-order valence-corrected chi connectivity index (χ1v) is 13.3. The van der Waals surface area contributed by atoms with Crippen molar-refractivity contribution in [1.82, 2.24) is 0 Å². The average molecular weight is 561 g/mol. The van der Waals surface area contributed by atoms with Gasteiger partial charge in [-0.2, -0.15) is 0 Å². The SMILES string of the molecule is C=CCC1CCC(=O)[C@@H]([C@@H](OC(C)=O)[C@@H]2O[C@H](CC(CCC(=O)O)CC(=O)O)[C@H](OCc3ccccc3)C2=O)O1. The molecule has 2 N–H and O–H groups in total. The number of hydrogen-bond donors (Lipinski definition) is 2. The Labute approximate surface area is 232 Å². The van der Waals surface area contributed by atoms with Crippen molar-refractivity contribution in [3.05, 3.63) is 48.6 Å². The summed E-state index contributed by atoms with van der Waals surface area (Å²) in [5, 5.41) is 18.5. The summed E-state index contributed by atoms with van der Waals surface area (Å²) in [6, 6.07) is 9.06. The minimum atomic E-state index is -1.41. The second kappa shape index (κ2) is 14.8. The van der Waals surface area contributed by atoms with E-state index in [1.807, 2.05) is 30.3 Å². The summed E-state index contributed by atoms with van der Waals surface area (Å²) in [4.78, 5) is 61.4. The Hall–Kier alpha value is -3.41. The number of Topliss-reactive ketones (excluding diaryl/α,β-unsaturated/α-hetero) is 2. The molecule has 1 aromatic carbocycles. The highest BCUT2D eigenvalue weighted by molar-refractivity contribution is 5.93. The highest BCUT2D eigenvalue weighted by Crippen LogP contribution is 2.34. The predicted molar refractivity (Wildman–Crippen MR) is 139 cm³/mol. The van der Waals surface area contributed by atoms with E-state index >= 15 is 0 Å². The zero-order valence-corrected chi connectivity index (χ0v) is 22.4. The molecule has 0 aliphatic carbocycles. The number of benzene rings is 1. The number of carbonyl (C=O) groups excluding carboxylic acids is 3. The third-order valence-electron chi connectivity index (χ3n) is 6.99. The van der Waals surface area contributed by atoms with Gasteiger partial charge in [0.1, 0.15) is 6.10 Å². The van der Waals surface area contributed by atoms with E-state index in [4.69, 9.17) is 24.1 Å². The third-order valence-corrected chi connectivity index (χ3v) is 6.99. The van der Waals surface area contributed by atoms with Crippen molar-refractivity contribution in [2.45, 2.75) is 95.1 Å². The van der Waals surface area contributed by atoms with Gasteiger partial charge < -0.3 is 29.2 Å². The predicted octanol–water partition coefficient (Wildman–Crippen LogP) is 2.88. The minimum absolute atomic E-state index is 0.00657. The Balaban J connectivity index is 1.89. The van der Waals surface area contributed by atoms with Crippen LogP contribution in [0.4, 0.5) is 0 Å². The molecule has 2 aliphatic rings. The van der Waals surface area contributed by atoms with Gasteiger partial charge in [0.25, 0.3) is 0 Å². The Kier molecular flexibility index (Phi) is 11.5. The van der Waals surface area contributed by atoms with Gasteiger partial charge in [-0.05, 0) is 37.2 Å². The number of carbonyl (C=O) groups is 5. The molecule has 2 unspecified atom stereocenters. The van der Waals surface area contributed by atoms with Gasteiger partial charge in [-0.3, -0.25) is 24.0 Å². The first kappa shape index (κ1) is 31.1. The highest BCUT2D eigenvalue weighted by Gasteiger charge is 2.53. The fourth-order valence-electron chi connectivity index (χ4n) is 5.14. The zero-order valence-electron chi connectivity index (χ0n) is 22.4. The molecular formula is C29H36O11. The standard InChI is InChI=1S/C29H36O11/c1-3-7-20-11-12-21(31)26(39-20)29(38-17(2)30)28-25(36)27(37-16-18-8-5-4-6-9-18)22(40-28)14-19(15-24(34)35)10-13-23(32)33/h3-6,8-9,19-20,22,26-29H,1,7,10-16H2,2H3,(H,32,33)(H,34,35)/t19?,20?,22-,26+,27+,28-,29-/m1/s1. The Morgan fingerprint density at radius 3 is 2.45 bits per heavy atom. The first-order chi connectivity index (χ1) is 19.1. The molecule has 218 valence electrons. The Bertz CT molecular complexity index is 1070. The topological polar surface area (TPSA) is 163 Å². The lowest BCUT2D eigenvalue weighted by Crippen LogP contribution is -2.52. The summed E-state index contributed by atoms with van der Waals surface area (Å²) >= 11 is 0. The molecule has 0 amide bonds. The van der Waals surface area contributed by atoms with Crippen LogP contribution in [0.3, 0.4) is 0 Å². The lowest BCUT2D eigenvalue weighted by Gasteiger charge is -2.35. The van der Waals surface area contributed by atoms with E-state index < -0.39 is 60.1 Å². The largest absolute Gasteiger partial charge is 0.481 e. The van der Waals surface area contributed by atoms with E-state index in [9.17, 15) is 29.1 Å². The van der Waals surface area contributed by atoms with Crippen molar-refractivity contribution in [3.8, 4) is 0 Å². The molecule has 1 aromatic rings. The molecule has 3 rings (SSSR count). The van der Waals surface area contributed by atoms with Crippen LogP contribution in [0.5, 0.6) is 0 Å². The smallest absolute Gasteiger partial charge is 0.303 e. The lowest BCUT2D eigenvalue weighted by molar-refractivity contribution is -0.186. The molecule has 0 spiro atoms. The van der Waals surface area contributed by atoms with E-state index in [1.165, 1.54) is 0 Å². The van der Waals surface area contributed by atoms with Crippen LogP contribution < -0.4 is 0 Å². The molecule has 0 bridgehead atoms. The maximum absolute atomic E-state index is 13.8. The van der Waals surface area contributed by atoms with Gasteiger partial charge in [-0.1, -0.05) is 36.4 Å². The van der Waals surface area contributed by atoms with Gasteiger partial charge in [0.05, 0.1) is 18.8 Å². The van der Waals surface area contributed by atoms with E-state index in [0.29, 0.717) is 12.8 Å². The molecule has 0 radical (unpaired) electrons. The maximum Gasteiger partial charge on any atom is 0.303 e. The average Bonchev–Trinajstić information content (AvgIpc) is 3.20. The van der Waals surface area contributed by atoms with Crippen LogP contribution in [-0.2, 0) is 49.5 Å². The van der Waals surface area contributed by atoms with E-state index in [0.717, 1.165) is 12.5 Å². The molecule has 0 saturated carbocycles. The normalized spacial score (nSPS) is 26.2. The lowest BCUT2D eigenvalue weighted by atomic mass is 9.90. The number of ketones is 2. The third kappa shape index (κ3) is 8.80. The van der Waals surface area contributed by atoms with Gasteiger partial charge in [0, 0.05) is 26.2 Å². The number of esters is 1. The molecule has 0 aromatic heterocycles. The van der Waals surface area contributed by atoms with Crippen molar-refractivity contribution in [2.75, 3.05) is 0 Å². The first-order valence-electron chi connectivity index (χ1n) is 13.3. The van der Waals surface area contributed by atoms with Crippen molar-refractivity contribution >= 4 is 29.5 Å². The van der Waals surface area contributed by atoms with E-state index in [1.54, 1.807) is 6.08 Å². The molecule has 11 heteroatoms. The summed E-state index contributed by atoms with van der Waals surface area (Å²) in [5.41, 5.74) is 0.778. The van der Waals surface area contributed by atoms with Gasteiger partial charge in [0.15, 0.2) is 29.9 Å². The molecule has 2 aliphatic heterocycles. The minimum Gasteiger partial charge on any atom is -0.481 e. The molecule has 2 saturated heterocycles.